The van der Waals surface area contributed by atoms with Gasteiger partial charge in [-0.3, -0.25) is 9.59 Å². The van der Waals surface area contributed by atoms with Crippen LogP contribution in [0.4, 0.5) is 0 Å². The molecule has 2 fully saturated rings. The smallest absolute Gasteiger partial charge is 0.348 e. The summed E-state index contributed by atoms with van der Waals surface area (Å²) in [5.41, 5.74) is 3.01. The molecule has 3 aliphatic rings. The lowest BCUT2D eigenvalue weighted by atomic mass is 9.79. The van der Waals surface area contributed by atoms with E-state index in [1.165, 1.54) is 6.92 Å². The summed E-state index contributed by atoms with van der Waals surface area (Å²) in [6.45, 7) is 10.3. The Morgan fingerprint density at radius 3 is 2.37 bits per heavy atom. The first-order valence-corrected chi connectivity index (χ1v) is 10.2. The number of carbonyl (C=O) groups is 4. The molecule has 1 heterocycles. The monoisotopic (exact) mass is 416 g/mol. The van der Waals surface area contributed by atoms with Gasteiger partial charge >= 0.3 is 17.9 Å². The van der Waals surface area contributed by atoms with Crippen LogP contribution in [0.3, 0.4) is 0 Å². The highest BCUT2D eigenvalue weighted by Gasteiger charge is 2.60. The van der Waals surface area contributed by atoms with Crippen LogP contribution in [-0.4, -0.2) is 42.0 Å². The zero-order valence-corrected chi connectivity index (χ0v) is 18.2. The van der Waals surface area contributed by atoms with Crippen LogP contribution in [0.1, 0.15) is 48.0 Å². The molecule has 162 valence electrons. The summed E-state index contributed by atoms with van der Waals surface area (Å²) in [6.07, 6.45) is 0.788. The van der Waals surface area contributed by atoms with Gasteiger partial charge in [0.25, 0.3) is 0 Å². The van der Waals surface area contributed by atoms with E-state index in [0.29, 0.717) is 5.57 Å². The topological polar surface area (TPSA) is 96.0 Å². The Hall–Kier alpha value is -2.70. The molecule has 6 unspecified atom stereocenters. The average Bonchev–Trinajstić information content (AvgIpc) is 3.07. The van der Waals surface area contributed by atoms with E-state index in [2.05, 4.69) is 0 Å². The van der Waals surface area contributed by atoms with Gasteiger partial charge in [-0.2, -0.15) is 0 Å². The minimum Gasteiger partial charge on any atom is -0.462 e. The van der Waals surface area contributed by atoms with Crippen LogP contribution in [0.2, 0.25) is 0 Å². The average molecular weight is 416 g/mol. The van der Waals surface area contributed by atoms with Crippen LogP contribution in [0.25, 0.3) is 0 Å². The quantitative estimate of drug-likeness (QED) is 0.302. The van der Waals surface area contributed by atoms with Crippen molar-refractivity contribution in [3.63, 3.8) is 0 Å². The fraction of sp³-hybridized carbons (Fsp3) is 0.565. The lowest BCUT2D eigenvalue weighted by Crippen LogP contribution is -2.42. The summed E-state index contributed by atoms with van der Waals surface area (Å²) in [7, 11) is 0. The summed E-state index contributed by atoms with van der Waals surface area (Å²) in [5.74, 6) is -3.39. The van der Waals surface area contributed by atoms with E-state index in [-0.39, 0.29) is 18.1 Å². The number of hydrogen-bond donors (Lipinski definition) is 0. The number of esters is 3. The Kier molecular flexibility index (Phi) is 6.01. The van der Waals surface area contributed by atoms with Gasteiger partial charge < -0.3 is 14.2 Å². The third kappa shape index (κ3) is 3.73. The van der Waals surface area contributed by atoms with Gasteiger partial charge in [0, 0.05) is 24.8 Å². The second-order valence-electron chi connectivity index (χ2n) is 8.45. The van der Waals surface area contributed by atoms with E-state index in [9.17, 15) is 19.2 Å². The fourth-order valence-corrected chi connectivity index (χ4v) is 4.80. The molecule has 0 amide bonds. The van der Waals surface area contributed by atoms with E-state index in [4.69, 9.17) is 14.2 Å². The van der Waals surface area contributed by atoms with Crippen LogP contribution in [0.15, 0.2) is 34.4 Å². The van der Waals surface area contributed by atoms with Crippen molar-refractivity contribution in [2.45, 2.75) is 66.3 Å². The van der Waals surface area contributed by atoms with Gasteiger partial charge in [-0.05, 0) is 40.7 Å². The molecule has 6 atom stereocenters. The molecule has 1 saturated heterocycles. The highest BCUT2D eigenvalue weighted by atomic mass is 16.6. The number of rotatable bonds is 3. The van der Waals surface area contributed by atoms with Gasteiger partial charge in [-0.25, -0.2) is 9.59 Å². The van der Waals surface area contributed by atoms with Gasteiger partial charge in [-0.15, -0.1) is 0 Å². The van der Waals surface area contributed by atoms with Crippen molar-refractivity contribution in [1.29, 1.82) is 0 Å². The molecule has 30 heavy (non-hydrogen) atoms. The Balaban J connectivity index is 2.10. The number of ketones is 1. The molecule has 1 saturated carbocycles. The van der Waals surface area contributed by atoms with E-state index >= 15 is 0 Å². The minimum absolute atomic E-state index is 0.0443. The molecule has 7 nitrogen and oxygen atoms in total. The van der Waals surface area contributed by atoms with Crippen LogP contribution in [0.5, 0.6) is 0 Å². The first kappa shape index (κ1) is 22.0. The predicted octanol–water partition coefficient (Wildman–Crippen LogP) is 2.84. The molecule has 3 rings (SSSR count). The Bertz CT molecular complexity index is 887. The molecule has 7 heteroatoms. The summed E-state index contributed by atoms with van der Waals surface area (Å²) in [6, 6.07) is 0. The van der Waals surface area contributed by atoms with E-state index in [1.807, 2.05) is 20.8 Å². The third-order valence-corrected chi connectivity index (χ3v) is 6.30. The molecule has 0 bridgehead atoms. The molecule has 0 spiro atoms. The number of carbonyl (C=O) groups excluding carboxylic acids is 4. The van der Waals surface area contributed by atoms with Crippen LogP contribution < -0.4 is 0 Å². The summed E-state index contributed by atoms with van der Waals surface area (Å²) < 4.78 is 16.8. The largest absolute Gasteiger partial charge is 0.462 e. The van der Waals surface area contributed by atoms with Crippen molar-refractivity contribution in [3.8, 4) is 0 Å². The van der Waals surface area contributed by atoms with E-state index in [0.717, 1.165) is 16.7 Å². The van der Waals surface area contributed by atoms with Gasteiger partial charge in [0.1, 0.15) is 12.2 Å². The maximum Gasteiger partial charge on any atom is 0.348 e. The zero-order valence-electron chi connectivity index (χ0n) is 18.2. The normalized spacial score (nSPS) is 33.2. The number of hydrogen-bond acceptors (Lipinski definition) is 7. The van der Waals surface area contributed by atoms with Gasteiger partial charge in [0.05, 0.1) is 11.8 Å². The highest BCUT2D eigenvalue weighted by molar-refractivity contribution is 5.98. The number of allylic oxidation sites excluding steroid dienone is 3. The summed E-state index contributed by atoms with van der Waals surface area (Å²) in [5, 5.41) is 0. The Morgan fingerprint density at radius 1 is 1.13 bits per heavy atom. The number of ether oxygens (including phenoxy) is 3. The van der Waals surface area contributed by atoms with E-state index < -0.39 is 48.1 Å². The zero-order chi connectivity index (χ0) is 22.3. The molecule has 0 aromatic carbocycles. The molecule has 1 aliphatic heterocycles. The van der Waals surface area contributed by atoms with Crippen molar-refractivity contribution in [3.05, 3.63) is 34.4 Å². The predicted molar refractivity (Wildman–Crippen MR) is 107 cm³/mol. The summed E-state index contributed by atoms with van der Waals surface area (Å²) >= 11 is 0. The van der Waals surface area contributed by atoms with Crippen molar-refractivity contribution >= 4 is 23.7 Å². The maximum absolute atomic E-state index is 12.8. The maximum atomic E-state index is 12.8. The lowest BCUT2D eigenvalue weighted by Gasteiger charge is -2.29. The first-order chi connectivity index (χ1) is 14.1. The SMILES string of the molecule is CC=C(C)C(=O)OC1C(=O)OC2C3C(C)=CC(=O)C3C(=C(C)C)CC(OC(C)=O)C12. The lowest BCUT2D eigenvalue weighted by molar-refractivity contribution is -0.162. The molecular formula is C23H28O7. The number of fused-ring (bicyclic) bond motifs is 3. The Morgan fingerprint density at radius 2 is 1.80 bits per heavy atom. The van der Waals surface area contributed by atoms with Gasteiger partial charge in [0.15, 0.2) is 5.78 Å². The first-order valence-electron chi connectivity index (χ1n) is 10.2. The van der Waals surface area contributed by atoms with E-state index in [1.54, 1.807) is 26.0 Å². The minimum atomic E-state index is -1.21. The summed E-state index contributed by atoms with van der Waals surface area (Å²) in [4.78, 5) is 49.8. The van der Waals surface area contributed by atoms with Crippen molar-refractivity contribution in [2.75, 3.05) is 0 Å². The van der Waals surface area contributed by atoms with Gasteiger partial charge in [0.2, 0.25) is 6.10 Å². The standard InChI is InChI=1S/C23H28O7/c1-7-11(4)22(26)30-21-19-16(28-13(6)24)9-14(10(2)3)18-15(25)8-12(5)17(18)20(19)29-23(21)27/h7-8,16-21H,9H2,1-6H3. The fourth-order valence-electron chi connectivity index (χ4n) is 4.80. The molecule has 0 aromatic heterocycles. The van der Waals surface area contributed by atoms with Crippen LogP contribution in [-0.2, 0) is 33.4 Å². The highest BCUT2D eigenvalue weighted by Crippen LogP contribution is 2.50. The van der Waals surface area contributed by atoms with Crippen LogP contribution in [0, 0.1) is 17.8 Å². The Labute approximate surface area is 176 Å². The second-order valence-corrected chi connectivity index (χ2v) is 8.45. The van der Waals surface area contributed by atoms with Crippen molar-refractivity contribution in [1.82, 2.24) is 0 Å². The third-order valence-electron chi connectivity index (χ3n) is 6.30. The van der Waals surface area contributed by atoms with Crippen molar-refractivity contribution in [2.24, 2.45) is 17.8 Å². The van der Waals surface area contributed by atoms with Crippen LogP contribution >= 0.6 is 0 Å². The van der Waals surface area contributed by atoms with Gasteiger partial charge in [-0.1, -0.05) is 22.8 Å². The van der Waals surface area contributed by atoms with Crippen molar-refractivity contribution < 1.29 is 33.4 Å². The molecule has 0 radical (unpaired) electrons. The molecular weight excluding hydrogens is 388 g/mol. The molecule has 0 N–H and O–H groups in total. The molecule has 0 aromatic rings. The molecule has 2 aliphatic carbocycles. The second kappa shape index (κ2) is 8.20.